The highest BCUT2D eigenvalue weighted by Crippen LogP contribution is 2.15. The van der Waals surface area contributed by atoms with Crippen LogP contribution in [-0.2, 0) is 13.5 Å². The van der Waals surface area contributed by atoms with E-state index in [1.165, 1.54) is 12.0 Å². The average Bonchev–Trinajstić information content (AvgIpc) is 2.60. The number of nitrogens with zero attached hydrogens (tertiary/aromatic N) is 2. The Bertz CT molecular complexity index is 285. The van der Waals surface area contributed by atoms with Gasteiger partial charge in [-0.25, -0.2) is 0 Å². The van der Waals surface area contributed by atoms with Crippen LogP contribution in [0.3, 0.4) is 0 Å². The van der Waals surface area contributed by atoms with Gasteiger partial charge in [-0.3, -0.25) is 4.68 Å². The Balaban J connectivity index is 2.27. The van der Waals surface area contributed by atoms with Crippen molar-refractivity contribution in [2.45, 2.75) is 38.0 Å². The van der Waals surface area contributed by atoms with E-state index in [4.69, 9.17) is 5.73 Å². The fourth-order valence-corrected chi connectivity index (χ4v) is 2.27. The molecule has 0 amide bonds. The summed E-state index contributed by atoms with van der Waals surface area (Å²) in [5, 5.41) is 4.85. The standard InChI is InChI=1S/C11H21N3S/c1-4-9(2)15-8-11(12)5-10-6-13-14(3)7-10/h6-7,9,11H,4-5,8,12H2,1-3H3. The molecule has 1 aromatic rings. The normalized spacial score (nSPS) is 15.2. The van der Waals surface area contributed by atoms with Gasteiger partial charge in [-0.05, 0) is 18.4 Å². The highest BCUT2D eigenvalue weighted by Gasteiger charge is 2.08. The summed E-state index contributed by atoms with van der Waals surface area (Å²) in [6.45, 7) is 4.46. The van der Waals surface area contributed by atoms with Crippen LogP contribution in [-0.4, -0.2) is 26.8 Å². The van der Waals surface area contributed by atoms with Crippen molar-refractivity contribution in [2.75, 3.05) is 5.75 Å². The smallest absolute Gasteiger partial charge is 0.0522 e. The Morgan fingerprint density at radius 1 is 1.60 bits per heavy atom. The lowest BCUT2D eigenvalue weighted by Gasteiger charge is -2.13. The summed E-state index contributed by atoms with van der Waals surface area (Å²) in [7, 11) is 1.93. The van der Waals surface area contributed by atoms with Gasteiger partial charge in [0.2, 0.25) is 0 Å². The Morgan fingerprint density at radius 3 is 2.87 bits per heavy atom. The first kappa shape index (κ1) is 12.6. The summed E-state index contributed by atoms with van der Waals surface area (Å²) in [6, 6.07) is 0.244. The van der Waals surface area contributed by atoms with E-state index >= 15 is 0 Å². The van der Waals surface area contributed by atoms with E-state index in [2.05, 4.69) is 18.9 Å². The molecule has 4 heteroatoms. The highest BCUT2D eigenvalue weighted by atomic mass is 32.2. The fourth-order valence-electron chi connectivity index (χ4n) is 1.34. The van der Waals surface area contributed by atoms with Gasteiger partial charge in [-0.15, -0.1) is 0 Å². The minimum atomic E-state index is 0.244. The molecule has 0 saturated heterocycles. The van der Waals surface area contributed by atoms with Crippen LogP contribution in [0.1, 0.15) is 25.8 Å². The maximum atomic E-state index is 6.06. The first-order valence-corrected chi connectivity index (χ1v) is 6.51. The van der Waals surface area contributed by atoms with E-state index in [0.29, 0.717) is 5.25 Å². The first-order chi connectivity index (χ1) is 7.11. The molecule has 1 rings (SSSR count). The average molecular weight is 227 g/mol. The molecule has 0 saturated carbocycles. The zero-order valence-corrected chi connectivity index (χ0v) is 10.6. The largest absolute Gasteiger partial charge is 0.327 e. The summed E-state index contributed by atoms with van der Waals surface area (Å²) in [6.07, 6.45) is 6.07. The predicted octanol–water partition coefficient (Wildman–Crippen LogP) is 1.82. The molecule has 2 unspecified atom stereocenters. The van der Waals surface area contributed by atoms with Crippen LogP contribution in [0.4, 0.5) is 0 Å². The second-order valence-electron chi connectivity index (χ2n) is 4.04. The molecule has 0 spiro atoms. The topological polar surface area (TPSA) is 43.8 Å². The molecule has 1 heterocycles. The van der Waals surface area contributed by atoms with Crippen LogP contribution < -0.4 is 5.73 Å². The third-order valence-electron chi connectivity index (χ3n) is 2.43. The van der Waals surface area contributed by atoms with Crippen molar-refractivity contribution >= 4 is 11.8 Å². The number of nitrogens with two attached hydrogens (primary N) is 1. The Hall–Kier alpha value is -0.480. The Morgan fingerprint density at radius 2 is 2.33 bits per heavy atom. The second-order valence-corrected chi connectivity index (χ2v) is 5.51. The van der Waals surface area contributed by atoms with E-state index in [-0.39, 0.29) is 6.04 Å². The zero-order chi connectivity index (χ0) is 11.3. The van der Waals surface area contributed by atoms with Gasteiger partial charge in [0, 0.05) is 30.3 Å². The lowest BCUT2D eigenvalue weighted by atomic mass is 10.1. The Kier molecular flexibility index (Phi) is 5.19. The van der Waals surface area contributed by atoms with Crippen molar-refractivity contribution < 1.29 is 0 Å². The summed E-state index contributed by atoms with van der Waals surface area (Å²) < 4.78 is 1.82. The lowest BCUT2D eigenvalue weighted by molar-refractivity contribution is 0.740. The van der Waals surface area contributed by atoms with Gasteiger partial charge in [-0.1, -0.05) is 13.8 Å². The minimum absolute atomic E-state index is 0.244. The van der Waals surface area contributed by atoms with Crippen LogP contribution in [0.25, 0.3) is 0 Å². The number of thioether (sulfide) groups is 1. The highest BCUT2D eigenvalue weighted by molar-refractivity contribution is 7.99. The zero-order valence-electron chi connectivity index (χ0n) is 9.81. The maximum Gasteiger partial charge on any atom is 0.0522 e. The van der Waals surface area contributed by atoms with Crippen molar-refractivity contribution in [3.05, 3.63) is 18.0 Å². The number of aromatic nitrogens is 2. The minimum Gasteiger partial charge on any atom is -0.327 e. The van der Waals surface area contributed by atoms with Crippen LogP contribution in [0.2, 0.25) is 0 Å². The number of hydrogen-bond donors (Lipinski definition) is 1. The molecule has 2 N–H and O–H groups in total. The summed E-state index contributed by atoms with van der Waals surface area (Å²) in [4.78, 5) is 0. The van der Waals surface area contributed by atoms with E-state index in [1.54, 1.807) is 0 Å². The molecule has 0 aliphatic carbocycles. The summed E-state index contributed by atoms with van der Waals surface area (Å²) >= 11 is 1.96. The molecule has 0 aromatic carbocycles. The summed E-state index contributed by atoms with van der Waals surface area (Å²) in [5.74, 6) is 1.03. The van der Waals surface area contributed by atoms with Crippen molar-refractivity contribution in [3.8, 4) is 0 Å². The van der Waals surface area contributed by atoms with Gasteiger partial charge in [0.1, 0.15) is 0 Å². The van der Waals surface area contributed by atoms with Crippen molar-refractivity contribution in [1.29, 1.82) is 0 Å². The van der Waals surface area contributed by atoms with Crippen LogP contribution in [0.5, 0.6) is 0 Å². The lowest BCUT2D eigenvalue weighted by Crippen LogP contribution is -2.26. The molecule has 0 fully saturated rings. The molecule has 0 bridgehead atoms. The molecule has 15 heavy (non-hydrogen) atoms. The molecule has 1 aromatic heterocycles. The molecule has 0 aliphatic heterocycles. The second kappa shape index (κ2) is 6.18. The molecule has 0 radical (unpaired) electrons. The van der Waals surface area contributed by atoms with E-state index < -0.39 is 0 Å². The predicted molar refractivity (Wildman–Crippen MR) is 67.1 cm³/mol. The molecule has 3 nitrogen and oxygen atoms in total. The molecular weight excluding hydrogens is 206 g/mol. The third kappa shape index (κ3) is 4.71. The summed E-state index contributed by atoms with van der Waals surface area (Å²) in [5.41, 5.74) is 7.29. The maximum absolute atomic E-state index is 6.06. The van der Waals surface area contributed by atoms with Gasteiger partial charge in [-0.2, -0.15) is 16.9 Å². The van der Waals surface area contributed by atoms with Crippen molar-refractivity contribution in [3.63, 3.8) is 0 Å². The van der Waals surface area contributed by atoms with Crippen LogP contribution >= 0.6 is 11.8 Å². The SMILES string of the molecule is CCC(C)SCC(N)Cc1cnn(C)c1. The van der Waals surface area contributed by atoms with Gasteiger partial charge in [0.05, 0.1) is 6.20 Å². The van der Waals surface area contributed by atoms with Gasteiger partial charge < -0.3 is 5.73 Å². The van der Waals surface area contributed by atoms with Crippen molar-refractivity contribution in [1.82, 2.24) is 9.78 Å². The fraction of sp³-hybridized carbons (Fsp3) is 0.727. The quantitative estimate of drug-likeness (QED) is 0.806. The van der Waals surface area contributed by atoms with Crippen LogP contribution in [0.15, 0.2) is 12.4 Å². The Labute approximate surface area is 96.4 Å². The number of rotatable bonds is 6. The molecular formula is C11H21N3S. The number of hydrogen-bond acceptors (Lipinski definition) is 3. The number of aryl methyl sites for hydroxylation is 1. The molecule has 2 atom stereocenters. The monoisotopic (exact) mass is 227 g/mol. The van der Waals surface area contributed by atoms with E-state index in [1.807, 2.05) is 35.9 Å². The van der Waals surface area contributed by atoms with Gasteiger partial charge >= 0.3 is 0 Å². The van der Waals surface area contributed by atoms with E-state index in [9.17, 15) is 0 Å². The van der Waals surface area contributed by atoms with Gasteiger partial charge in [0.25, 0.3) is 0 Å². The molecule has 86 valence electrons. The van der Waals surface area contributed by atoms with Crippen LogP contribution in [0, 0.1) is 0 Å². The van der Waals surface area contributed by atoms with E-state index in [0.717, 1.165) is 12.2 Å². The first-order valence-electron chi connectivity index (χ1n) is 5.46. The van der Waals surface area contributed by atoms with Crippen molar-refractivity contribution in [2.24, 2.45) is 12.8 Å². The molecule has 0 aliphatic rings. The third-order valence-corrected chi connectivity index (χ3v) is 3.95. The van der Waals surface area contributed by atoms with Gasteiger partial charge in [0.15, 0.2) is 0 Å².